The van der Waals surface area contributed by atoms with E-state index in [1.54, 1.807) is 11.3 Å². The molecular formula is C114H70N10OS. The Kier molecular flexibility index (Phi) is 16.9. The second kappa shape index (κ2) is 29.5. The average Bonchev–Trinajstić information content (AvgIpc) is 1.58. The molecule has 8 heterocycles. The monoisotopic (exact) mass is 1630 g/mol. The van der Waals surface area contributed by atoms with Crippen LogP contribution in [0, 0.1) is 0 Å². The van der Waals surface area contributed by atoms with Gasteiger partial charge in [-0.15, -0.1) is 11.3 Å². The van der Waals surface area contributed by atoms with Crippen molar-refractivity contribution in [1.29, 1.82) is 0 Å². The highest BCUT2D eigenvalue weighted by molar-refractivity contribution is 7.26. The number of furan rings is 1. The van der Waals surface area contributed by atoms with Crippen molar-refractivity contribution in [2.24, 2.45) is 0 Å². The molecule has 0 fully saturated rings. The van der Waals surface area contributed by atoms with Crippen LogP contribution in [0.4, 0.5) is 0 Å². The van der Waals surface area contributed by atoms with E-state index in [-0.39, 0.29) is 0 Å². The maximum atomic E-state index is 6.71. The largest absolute Gasteiger partial charge is 0.455 e. The minimum absolute atomic E-state index is 0.562. The van der Waals surface area contributed by atoms with Gasteiger partial charge in [0, 0.05) is 125 Å². The summed E-state index contributed by atoms with van der Waals surface area (Å²) in [5, 5.41) is 14.3. The normalized spacial score (nSPS) is 11.8. The van der Waals surface area contributed by atoms with E-state index in [0.29, 0.717) is 34.9 Å². The van der Waals surface area contributed by atoms with Crippen LogP contribution < -0.4 is 0 Å². The summed E-state index contributed by atoms with van der Waals surface area (Å²) < 4.78 is 18.6. The molecule has 26 rings (SSSR count). The van der Waals surface area contributed by atoms with Gasteiger partial charge < -0.3 is 22.7 Å². The number of hydrogen-bond acceptors (Lipinski definition) is 8. The van der Waals surface area contributed by atoms with Gasteiger partial charge in [-0.3, -0.25) is 0 Å². The van der Waals surface area contributed by atoms with E-state index >= 15 is 0 Å². The van der Waals surface area contributed by atoms with E-state index < -0.39 is 0 Å². The van der Waals surface area contributed by atoms with Crippen LogP contribution in [-0.4, -0.2) is 48.2 Å². The summed E-state index contributed by atoms with van der Waals surface area (Å²) in [6, 6.07) is 150. The van der Waals surface area contributed by atoms with Gasteiger partial charge in [-0.25, -0.2) is 29.9 Å². The van der Waals surface area contributed by atoms with Crippen LogP contribution in [0.5, 0.6) is 0 Å². The molecular weight excluding hydrogens is 1560 g/mol. The number of fused-ring (bicyclic) bond motifs is 18. The molecule has 0 N–H and O–H groups in total. The predicted molar refractivity (Wildman–Crippen MR) is 521 cm³/mol. The summed E-state index contributed by atoms with van der Waals surface area (Å²) >= 11 is 1.79. The molecule has 0 bridgehead atoms. The lowest BCUT2D eigenvalue weighted by Gasteiger charge is -2.10. The lowest BCUT2D eigenvalue weighted by atomic mass is 10.0. The predicted octanol–water partition coefficient (Wildman–Crippen LogP) is 29.7. The molecule has 11 nitrogen and oxygen atoms in total. The summed E-state index contributed by atoms with van der Waals surface area (Å²) in [4.78, 5) is 30.1. The van der Waals surface area contributed by atoms with Crippen LogP contribution in [0.25, 0.3) is 243 Å². The standard InChI is InChI=1S/C57H35N5O.C57H35N5S/c2*1-4-15-36(16-5-1)55-58-56(37-17-6-2-7-18-37)60-57(59-55)45-24-14-23-44-48-35-41(29-32-53(48)63-54(44)45)62-50-26-13-11-22-43(50)47-34-39(28-31-52(47)62)38-27-30-51-46(33-38)42-21-10-12-25-49(42)61(51)40-19-8-3-9-20-40/h2*1-35H. The second-order valence-electron chi connectivity index (χ2n) is 32.0. The highest BCUT2D eigenvalue weighted by Crippen LogP contribution is 2.46. The van der Waals surface area contributed by atoms with Crippen molar-refractivity contribution in [1.82, 2.24) is 48.2 Å². The molecule has 0 amide bonds. The Morgan fingerprint density at radius 1 is 0.183 bits per heavy atom. The molecule has 588 valence electrons. The van der Waals surface area contributed by atoms with Crippen LogP contribution >= 0.6 is 11.3 Å². The van der Waals surface area contributed by atoms with Crippen LogP contribution in [0.3, 0.4) is 0 Å². The van der Waals surface area contributed by atoms with E-state index in [1.165, 1.54) is 114 Å². The van der Waals surface area contributed by atoms with Crippen LogP contribution in [-0.2, 0) is 0 Å². The zero-order chi connectivity index (χ0) is 82.9. The average molecular weight is 1630 g/mol. The Morgan fingerprint density at radius 3 is 0.881 bits per heavy atom. The van der Waals surface area contributed by atoms with Gasteiger partial charge in [0.05, 0.1) is 49.7 Å². The van der Waals surface area contributed by atoms with Gasteiger partial charge in [0.25, 0.3) is 0 Å². The maximum absolute atomic E-state index is 6.71. The first-order chi connectivity index (χ1) is 62.5. The minimum Gasteiger partial charge on any atom is -0.455 e. The highest BCUT2D eigenvalue weighted by atomic mass is 32.1. The smallest absolute Gasteiger partial charge is 0.167 e. The summed E-state index contributed by atoms with van der Waals surface area (Å²) in [5.74, 6) is 3.77. The SMILES string of the molecule is c1ccc(-c2nc(-c3ccccc3)nc(-c3cccc4c3oc3ccc(-n5c6ccccc6c6cc(-c7ccc8c(c7)c7ccccc7n8-c7ccccc7)ccc65)cc34)n2)cc1.c1ccc(-c2nc(-c3ccccc3)nc(-c3cccc4c3sc3ccc(-n5c6ccccc6c6cc(-c7ccc8c(c7)c7ccccc7n8-c7ccccc7)ccc65)cc34)n2)cc1. The molecule has 18 aromatic carbocycles. The van der Waals surface area contributed by atoms with Crippen molar-refractivity contribution in [2.45, 2.75) is 0 Å². The zero-order valence-corrected chi connectivity index (χ0v) is 68.5. The number of hydrogen-bond donors (Lipinski definition) is 0. The number of thiophene rings is 1. The van der Waals surface area contributed by atoms with Crippen LogP contribution in [0.15, 0.2) is 429 Å². The van der Waals surface area contributed by atoms with Gasteiger partial charge in [-0.1, -0.05) is 279 Å². The minimum atomic E-state index is 0.562. The number of rotatable bonds is 12. The van der Waals surface area contributed by atoms with Crippen molar-refractivity contribution in [3.05, 3.63) is 425 Å². The Balaban J connectivity index is 0.000000137. The van der Waals surface area contributed by atoms with Gasteiger partial charge in [0.2, 0.25) is 0 Å². The van der Waals surface area contributed by atoms with E-state index in [0.717, 1.165) is 93.8 Å². The first-order valence-corrected chi connectivity index (χ1v) is 43.2. The number of nitrogens with zero attached hydrogens (tertiary/aromatic N) is 10. The summed E-state index contributed by atoms with van der Waals surface area (Å²) in [5.41, 5.74) is 25.8. The van der Waals surface area contributed by atoms with Gasteiger partial charge in [0.1, 0.15) is 11.2 Å². The van der Waals surface area contributed by atoms with Crippen molar-refractivity contribution in [3.63, 3.8) is 0 Å². The van der Waals surface area contributed by atoms with Gasteiger partial charge >= 0.3 is 0 Å². The molecule has 26 aromatic rings. The Hall–Kier alpha value is -16.8. The Labute approximate surface area is 726 Å². The molecule has 0 spiro atoms. The van der Waals surface area contributed by atoms with Crippen molar-refractivity contribution < 1.29 is 4.42 Å². The maximum Gasteiger partial charge on any atom is 0.167 e. The Bertz CT molecular complexity index is 8210. The molecule has 0 aliphatic carbocycles. The molecule has 126 heavy (non-hydrogen) atoms. The van der Waals surface area contributed by atoms with E-state index in [4.69, 9.17) is 34.3 Å². The third-order valence-electron chi connectivity index (χ3n) is 24.7. The third-order valence-corrected chi connectivity index (χ3v) is 26.0. The molecule has 0 aliphatic rings. The number of aromatic nitrogens is 10. The number of benzene rings is 18. The molecule has 0 saturated carbocycles. The summed E-state index contributed by atoms with van der Waals surface area (Å²) in [7, 11) is 0. The molecule has 0 radical (unpaired) electrons. The van der Waals surface area contributed by atoms with E-state index in [2.05, 4.69) is 340 Å². The summed E-state index contributed by atoms with van der Waals surface area (Å²) in [6.07, 6.45) is 0. The molecule has 8 aromatic heterocycles. The van der Waals surface area contributed by atoms with Gasteiger partial charge in [-0.05, 0) is 168 Å². The molecule has 0 saturated heterocycles. The molecule has 0 unspecified atom stereocenters. The van der Waals surface area contributed by atoms with Gasteiger partial charge in [-0.2, -0.15) is 0 Å². The number of para-hydroxylation sites is 7. The van der Waals surface area contributed by atoms with E-state index in [9.17, 15) is 0 Å². The highest BCUT2D eigenvalue weighted by Gasteiger charge is 2.25. The fourth-order valence-electron chi connectivity index (χ4n) is 18.9. The second-order valence-corrected chi connectivity index (χ2v) is 33.1. The molecule has 12 heteroatoms. The van der Waals surface area contributed by atoms with Crippen LogP contribution in [0.2, 0.25) is 0 Å². The lowest BCUT2D eigenvalue weighted by molar-refractivity contribution is 0.669. The topological polar surface area (TPSA) is 110 Å². The van der Waals surface area contributed by atoms with Gasteiger partial charge in [0.15, 0.2) is 34.9 Å². The van der Waals surface area contributed by atoms with Crippen molar-refractivity contribution >= 4 is 141 Å². The lowest BCUT2D eigenvalue weighted by Crippen LogP contribution is -2.00. The Morgan fingerprint density at radius 2 is 0.484 bits per heavy atom. The zero-order valence-electron chi connectivity index (χ0n) is 67.7. The summed E-state index contributed by atoms with van der Waals surface area (Å²) in [6.45, 7) is 0. The first-order valence-electron chi connectivity index (χ1n) is 42.4. The van der Waals surface area contributed by atoms with Crippen molar-refractivity contribution in [3.8, 4) is 113 Å². The first kappa shape index (κ1) is 72.1. The fraction of sp³-hybridized carbons (Fsp3) is 0. The molecule has 0 atom stereocenters. The fourth-order valence-corrected chi connectivity index (χ4v) is 20.1. The third kappa shape index (κ3) is 12.0. The quantitative estimate of drug-likeness (QED) is 0.120. The van der Waals surface area contributed by atoms with Crippen molar-refractivity contribution in [2.75, 3.05) is 0 Å². The van der Waals surface area contributed by atoms with E-state index in [1.807, 2.05) is 103 Å². The van der Waals surface area contributed by atoms with Crippen LogP contribution in [0.1, 0.15) is 0 Å². The molecule has 0 aliphatic heterocycles.